The van der Waals surface area contributed by atoms with Crippen molar-refractivity contribution in [1.29, 1.82) is 0 Å². The van der Waals surface area contributed by atoms with Crippen LogP contribution < -0.4 is 11.1 Å². The summed E-state index contributed by atoms with van der Waals surface area (Å²) in [6.07, 6.45) is 0. The third-order valence-corrected chi connectivity index (χ3v) is 5.35. The number of thioether (sulfide) groups is 1. The van der Waals surface area contributed by atoms with E-state index in [2.05, 4.69) is 15.3 Å². The molecule has 0 unspecified atom stereocenters. The van der Waals surface area contributed by atoms with Gasteiger partial charge in [-0.3, -0.25) is 4.79 Å². The monoisotopic (exact) mass is 358 g/mol. The second kappa shape index (κ2) is 7.19. The number of fused-ring (bicyclic) bond motifs is 1. The molecule has 0 saturated heterocycles. The maximum Gasteiger partial charge on any atom is 0.230 e. The summed E-state index contributed by atoms with van der Waals surface area (Å²) >= 11 is 2.81. The first-order valence-corrected chi connectivity index (χ1v) is 9.39. The van der Waals surface area contributed by atoms with Gasteiger partial charge in [-0.2, -0.15) is 0 Å². The molecule has 24 heavy (non-hydrogen) atoms. The molecule has 7 heteroatoms. The van der Waals surface area contributed by atoms with Crippen LogP contribution in [0.2, 0.25) is 0 Å². The fraction of sp³-hybridized carbons (Fsp3) is 0.235. The molecule has 3 aromatic rings. The summed E-state index contributed by atoms with van der Waals surface area (Å²) in [4.78, 5) is 21.7. The lowest BCUT2D eigenvalue weighted by atomic mass is 10.0. The Morgan fingerprint density at radius 2 is 2.12 bits per heavy atom. The quantitative estimate of drug-likeness (QED) is 0.538. The zero-order chi connectivity index (χ0) is 17.1. The number of nitrogens with zero attached hydrogens (tertiary/aromatic N) is 2. The van der Waals surface area contributed by atoms with Gasteiger partial charge < -0.3 is 11.1 Å². The summed E-state index contributed by atoms with van der Waals surface area (Å²) in [5.41, 5.74) is 8.21. The van der Waals surface area contributed by atoms with Gasteiger partial charge in [0.25, 0.3) is 0 Å². The van der Waals surface area contributed by atoms with Crippen LogP contribution in [0.15, 0.2) is 40.9 Å². The van der Waals surface area contributed by atoms with E-state index in [9.17, 15) is 4.79 Å². The van der Waals surface area contributed by atoms with Gasteiger partial charge in [-0.05, 0) is 36.4 Å². The Morgan fingerprint density at radius 1 is 1.33 bits per heavy atom. The van der Waals surface area contributed by atoms with Crippen LogP contribution in [0.1, 0.15) is 24.1 Å². The van der Waals surface area contributed by atoms with E-state index in [1.807, 2.05) is 49.6 Å². The maximum absolute atomic E-state index is 12.2. The molecule has 0 radical (unpaired) electrons. The van der Waals surface area contributed by atoms with Crippen molar-refractivity contribution in [2.75, 3.05) is 11.5 Å². The first-order chi connectivity index (χ1) is 11.5. The highest BCUT2D eigenvalue weighted by Gasteiger charge is 2.13. The van der Waals surface area contributed by atoms with Gasteiger partial charge in [0, 0.05) is 0 Å². The fourth-order valence-corrected chi connectivity index (χ4v) is 3.98. The number of hydrogen-bond donors (Lipinski definition) is 2. The van der Waals surface area contributed by atoms with Crippen LogP contribution in [0.3, 0.4) is 0 Å². The number of amides is 1. The van der Waals surface area contributed by atoms with E-state index in [1.54, 1.807) is 0 Å². The molecule has 0 aliphatic carbocycles. The molecular formula is C17H18N4OS2. The number of carbonyl (C=O) groups excluding carboxylic acids is 1. The lowest BCUT2D eigenvalue weighted by Gasteiger charge is -2.16. The molecule has 0 saturated carbocycles. The number of anilines is 1. The first kappa shape index (κ1) is 16.7. The SMILES string of the molecule is Cc1ccccc1[C@@H](C)NC(=O)CSc1nc(N)c2ccsc2n1. The highest BCUT2D eigenvalue weighted by molar-refractivity contribution is 7.99. The highest BCUT2D eigenvalue weighted by atomic mass is 32.2. The summed E-state index contributed by atoms with van der Waals surface area (Å²) in [5, 5.41) is 6.33. The van der Waals surface area contributed by atoms with Crippen molar-refractivity contribution < 1.29 is 4.79 Å². The van der Waals surface area contributed by atoms with E-state index in [4.69, 9.17) is 5.73 Å². The van der Waals surface area contributed by atoms with Crippen LogP contribution in [-0.2, 0) is 4.79 Å². The van der Waals surface area contributed by atoms with Crippen molar-refractivity contribution >= 4 is 45.0 Å². The zero-order valence-electron chi connectivity index (χ0n) is 13.4. The Morgan fingerprint density at radius 3 is 2.92 bits per heavy atom. The minimum atomic E-state index is -0.0517. The summed E-state index contributed by atoms with van der Waals surface area (Å²) in [6, 6.07) is 9.91. The molecule has 2 aromatic heterocycles. The van der Waals surface area contributed by atoms with Gasteiger partial charge >= 0.3 is 0 Å². The topological polar surface area (TPSA) is 80.9 Å². The summed E-state index contributed by atoms with van der Waals surface area (Å²) in [6.45, 7) is 4.02. The molecular weight excluding hydrogens is 340 g/mol. The molecule has 1 atom stereocenters. The molecule has 2 heterocycles. The van der Waals surface area contributed by atoms with E-state index < -0.39 is 0 Å². The van der Waals surface area contributed by atoms with Gasteiger partial charge in [0.1, 0.15) is 10.6 Å². The molecule has 3 rings (SSSR count). The number of thiophene rings is 1. The third-order valence-electron chi connectivity index (χ3n) is 3.70. The summed E-state index contributed by atoms with van der Waals surface area (Å²) in [7, 11) is 0. The Bertz CT molecular complexity index is 878. The molecule has 0 fully saturated rings. The van der Waals surface area contributed by atoms with Gasteiger partial charge in [-0.25, -0.2) is 9.97 Å². The molecule has 1 amide bonds. The Hall–Kier alpha value is -2.12. The molecule has 124 valence electrons. The highest BCUT2D eigenvalue weighted by Crippen LogP contribution is 2.26. The average molecular weight is 358 g/mol. The van der Waals surface area contributed by atoms with Crippen molar-refractivity contribution in [3.63, 3.8) is 0 Å². The zero-order valence-corrected chi connectivity index (χ0v) is 15.1. The fourth-order valence-electron chi connectivity index (χ4n) is 2.49. The molecule has 0 spiro atoms. The lowest BCUT2D eigenvalue weighted by molar-refractivity contribution is -0.119. The Kier molecular flexibility index (Phi) is 5.01. The van der Waals surface area contributed by atoms with E-state index in [0.717, 1.165) is 21.3 Å². The van der Waals surface area contributed by atoms with Crippen molar-refractivity contribution in [1.82, 2.24) is 15.3 Å². The van der Waals surface area contributed by atoms with Gasteiger partial charge in [0.15, 0.2) is 5.16 Å². The summed E-state index contributed by atoms with van der Waals surface area (Å²) in [5.74, 6) is 0.661. The average Bonchev–Trinajstić information content (AvgIpc) is 3.02. The number of hydrogen-bond acceptors (Lipinski definition) is 6. The minimum Gasteiger partial charge on any atom is -0.383 e. The predicted molar refractivity (Wildman–Crippen MR) is 100 cm³/mol. The predicted octanol–water partition coefficient (Wildman–Crippen LogP) is 3.55. The molecule has 5 nitrogen and oxygen atoms in total. The number of aryl methyl sites for hydroxylation is 1. The van der Waals surface area contributed by atoms with E-state index in [1.165, 1.54) is 23.1 Å². The number of benzene rings is 1. The standard InChI is InChI=1S/C17H18N4OS2/c1-10-5-3-4-6-12(10)11(2)19-14(22)9-24-17-20-15(18)13-7-8-23-16(13)21-17/h3-8,11H,9H2,1-2H3,(H,19,22)(H2,18,20,21)/t11-/m1/s1. The number of nitrogens with one attached hydrogen (secondary N) is 1. The van der Waals surface area contributed by atoms with E-state index in [0.29, 0.717) is 11.0 Å². The number of aromatic nitrogens is 2. The summed E-state index contributed by atoms with van der Waals surface area (Å²) < 4.78 is 0. The van der Waals surface area contributed by atoms with Gasteiger partial charge in [0.2, 0.25) is 5.91 Å². The van der Waals surface area contributed by atoms with E-state index in [-0.39, 0.29) is 17.7 Å². The number of rotatable bonds is 5. The normalized spacial score (nSPS) is 12.2. The van der Waals surface area contributed by atoms with Crippen LogP contribution >= 0.6 is 23.1 Å². The Labute approximate surface area is 148 Å². The van der Waals surface area contributed by atoms with Crippen molar-refractivity contribution in [3.8, 4) is 0 Å². The van der Waals surface area contributed by atoms with E-state index >= 15 is 0 Å². The van der Waals surface area contributed by atoms with Crippen molar-refractivity contribution in [3.05, 3.63) is 46.8 Å². The molecule has 0 aliphatic rings. The smallest absolute Gasteiger partial charge is 0.230 e. The van der Waals surface area contributed by atoms with Crippen LogP contribution in [0.5, 0.6) is 0 Å². The molecule has 3 N–H and O–H groups in total. The van der Waals surface area contributed by atoms with Crippen LogP contribution in [0.4, 0.5) is 5.82 Å². The van der Waals surface area contributed by atoms with Gasteiger partial charge in [0.05, 0.1) is 17.2 Å². The first-order valence-electron chi connectivity index (χ1n) is 7.53. The minimum absolute atomic E-state index is 0.0370. The molecule has 0 bridgehead atoms. The Balaban J connectivity index is 1.61. The van der Waals surface area contributed by atoms with Crippen LogP contribution in [-0.4, -0.2) is 21.6 Å². The van der Waals surface area contributed by atoms with Crippen LogP contribution in [0.25, 0.3) is 10.2 Å². The number of nitrogen functional groups attached to an aromatic ring is 1. The lowest BCUT2D eigenvalue weighted by Crippen LogP contribution is -2.28. The van der Waals surface area contributed by atoms with Crippen LogP contribution in [0, 0.1) is 6.92 Å². The molecule has 0 aliphatic heterocycles. The second-order valence-corrected chi connectivity index (χ2v) is 7.30. The van der Waals surface area contributed by atoms with Gasteiger partial charge in [-0.15, -0.1) is 11.3 Å². The maximum atomic E-state index is 12.2. The number of carbonyl (C=O) groups is 1. The van der Waals surface area contributed by atoms with Gasteiger partial charge in [-0.1, -0.05) is 36.0 Å². The molecule has 1 aromatic carbocycles. The van der Waals surface area contributed by atoms with Crippen molar-refractivity contribution in [2.24, 2.45) is 0 Å². The second-order valence-electron chi connectivity index (χ2n) is 5.47. The van der Waals surface area contributed by atoms with Crippen molar-refractivity contribution in [2.45, 2.75) is 25.0 Å². The third kappa shape index (κ3) is 3.68. The number of nitrogens with two attached hydrogens (primary N) is 1. The largest absolute Gasteiger partial charge is 0.383 e.